The molecule has 4 N–H and O–H groups in total. The van der Waals surface area contributed by atoms with Crippen LogP contribution in [-0.4, -0.2) is 44.3 Å². The Morgan fingerprint density at radius 2 is 0.429 bits per heavy atom. The van der Waals surface area contributed by atoms with Crippen LogP contribution in [0.1, 0.15) is 278 Å². The molecule has 560 valence electrons. The van der Waals surface area contributed by atoms with Crippen LogP contribution >= 0.6 is 0 Å². The predicted octanol–water partition coefficient (Wildman–Crippen LogP) is 23.6. The van der Waals surface area contributed by atoms with Gasteiger partial charge in [-0.05, 0) is 218 Å². The van der Waals surface area contributed by atoms with Crippen LogP contribution in [0.15, 0.2) is 121 Å². The van der Waals surface area contributed by atoms with E-state index in [4.69, 9.17) is 18.9 Å². The molecule has 0 aliphatic heterocycles. The van der Waals surface area contributed by atoms with Gasteiger partial charge in [-0.1, -0.05) is 207 Å². The molecule has 0 radical (unpaired) electrons. The molecule has 0 aromatic heterocycles. The summed E-state index contributed by atoms with van der Waals surface area (Å²) in [6, 6.07) is 38.6. The van der Waals surface area contributed by atoms with Gasteiger partial charge in [-0.2, -0.15) is 0 Å². The van der Waals surface area contributed by atoms with E-state index < -0.39 is 29.3 Å². The van der Waals surface area contributed by atoms with Crippen LogP contribution in [0.2, 0.25) is 0 Å². The summed E-state index contributed by atoms with van der Waals surface area (Å²) in [7, 11) is 0. The molecule has 0 spiro atoms. The molecule has 0 fully saturated rings. The Morgan fingerprint density at radius 1 is 0.267 bits per heavy atom. The third kappa shape index (κ3) is 19.1. The summed E-state index contributed by atoms with van der Waals surface area (Å²) in [5, 5.41) is 49.1. The van der Waals surface area contributed by atoms with Gasteiger partial charge in [0.15, 0.2) is 0 Å². The molecule has 0 amide bonds. The van der Waals surface area contributed by atoms with Gasteiger partial charge in [0, 0.05) is 70.2 Å². The lowest BCUT2D eigenvalue weighted by atomic mass is 9.62. The van der Waals surface area contributed by atoms with Crippen molar-refractivity contribution in [3.8, 4) is 90.5 Å². The number of phenolic OH excluding ortho intramolecular Hbond substituents is 4. The summed E-state index contributed by atoms with van der Waals surface area (Å²) in [5.41, 5.74) is 9.38. The zero-order chi connectivity index (χ0) is 75.7. The summed E-state index contributed by atoms with van der Waals surface area (Å²) >= 11 is 0. The van der Waals surface area contributed by atoms with Gasteiger partial charge >= 0.3 is 23.9 Å². The fourth-order valence-corrected chi connectivity index (χ4v) is 14.4. The maximum absolute atomic E-state index is 15.2. The number of carbonyl (C=O) groups is 4. The number of aromatic hydroxyl groups is 4. The molecule has 8 rings (SSSR count). The van der Waals surface area contributed by atoms with Crippen LogP contribution in [0.25, 0.3) is 44.5 Å². The lowest BCUT2D eigenvalue weighted by molar-refractivity contribution is -0.134. The first kappa shape index (κ1) is 81.5. The van der Waals surface area contributed by atoms with Crippen LogP contribution < -0.4 is 18.9 Å². The maximum atomic E-state index is 15.2. The monoisotopic (exact) mass is 1420 g/mol. The third-order valence-corrected chi connectivity index (χ3v) is 20.4. The van der Waals surface area contributed by atoms with Crippen molar-refractivity contribution in [3.63, 3.8) is 0 Å². The fraction of sp³-hybridized carbons (Fsp3) is 0.441. The smallest absolute Gasteiger partial charge is 0.310 e. The largest absolute Gasteiger partial charge is 0.507 e. The van der Waals surface area contributed by atoms with Gasteiger partial charge in [-0.3, -0.25) is 19.2 Å². The Kier molecular flexibility index (Phi) is 30.9. The second-order valence-corrected chi connectivity index (χ2v) is 28.2. The summed E-state index contributed by atoms with van der Waals surface area (Å²) in [4.78, 5) is 60.8. The molecule has 0 saturated carbocycles. The number of unbranched alkanes of at least 4 members (excludes halogenated alkanes) is 8. The van der Waals surface area contributed by atoms with Crippen LogP contribution in [-0.2, 0) is 76.0 Å². The number of para-hydroxylation sites is 4. The first-order chi connectivity index (χ1) is 50.9. The van der Waals surface area contributed by atoms with E-state index in [1.54, 1.807) is 27.7 Å². The number of ether oxygens (including phenoxy) is 4. The van der Waals surface area contributed by atoms with E-state index in [-0.39, 0.29) is 93.9 Å². The number of aryl methyl sites for hydroxylation is 8. The lowest BCUT2D eigenvalue weighted by Gasteiger charge is -2.41. The highest BCUT2D eigenvalue weighted by Crippen LogP contribution is 2.61. The minimum atomic E-state index is -2.14. The second-order valence-electron chi connectivity index (χ2n) is 28.2. The molecule has 12 heteroatoms. The van der Waals surface area contributed by atoms with Crippen molar-refractivity contribution in [2.75, 3.05) is 0 Å². The van der Waals surface area contributed by atoms with E-state index in [0.717, 1.165) is 147 Å². The Morgan fingerprint density at radius 3 is 0.571 bits per heavy atom. The number of carbonyl (C=O) groups excluding carboxylic acids is 4. The van der Waals surface area contributed by atoms with Gasteiger partial charge in [0.2, 0.25) is 0 Å². The molecule has 0 aliphatic carbocycles. The van der Waals surface area contributed by atoms with E-state index in [0.29, 0.717) is 95.9 Å². The van der Waals surface area contributed by atoms with Crippen molar-refractivity contribution in [1.29, 1.82) is 0 Å². The lowest BCUT2D eigenvalue weighted by Crippen LogP contribution is -2.35. The first-order valence-corrected chi connectivity index (χ1v) is 39.7. The van der Waals surface area contributed by atoms with Crippen LogP contribution in [0.4, 0.5) is 0 Å². The fourth-order valence-electron chi connectivity index (χ4n) is 14.4. The number of benzene rings is 8. The highest BCUT2D eigenvalue weighted by atomic mass is 16.5. The molecule has 8 aromatic rings. The molecule has 0 aliphatic rings. The first-order valence-electron chi connectivity index (χ1n) is 39.7. The zero-order valence-electron chi connectivity index (χ0n) is 64.9. The third-order valence-electron chi connectivity index (χ3n) is 20.4. The molecule has 0 atom stereocenters. The standard InChI is InChI=1S/C93H116O12/c1-13-25-37-61-53-69(54-62(85(61)98)38-26-14-2)73-45-33-49-77(89(73)102-81(94)21-9)93(78-50-34-46-74(90(78)103-82(95)22-10)70-55-63(39-27-15-3)86(99)64(56-70)40-28-16-4,79-51-35-47-75(91(79)104-83(96)23-11)71-57-65(41-29-17-5)87(100)66(58-71)42-30-18-6)80-52-36-48-76(92(80)105-84(97)24-12)72-59-67(43-31-19-7)88(101)68(60-72)44-32-20-8/h33-36,45-60,98-101H,13-32,37-44H2,1-12H3. The average molecular weight is 1430 g/mol. The number of esters is 4. The van der Waals surface area contributed by atoms with Crippen molar-refractivity contribution in [2.45, 2.75) is 268 Å². The molecule has 105 heavy (non-hydrogen) atoms. The van der Waals surface area contributed by atoms with Crippen molar-refractivity contribution in [3.05, 3.63) is 188 Å². The van der Waals surface area contributed by atoms with Crippen molar-refractivity contribution in [1.82, 2.24) is 0 Å². The number of phenols is 4. The predicted molar refractivity (Wildman–Crippen MR) is 426 cm³/mol. The van der Waals surface area contributed by atoms with Gasteiger partial charge in [-0.15, -0.1) is 0 Å². The molecular formula is C93H116O12. The Labute approximate surface area is 626 Å². The second kappa shape index (κ2) is 39.8. The highest BCUT2D eigenvalue weighted by molar-refractivity contribution is 5.91. The topological polar surface area (TPSA) is 186 Å². The van der Waals surface area contributed by atoms with E-state index in [1.807, 2.05) is 121 Å². The Hall–Kier alpha value is -9.16. The maximum Gasteiger partial charge on any atom is 0.310 e. The quantitative estimate of drug-likeness (QED) is 0.0162. The van der Waals surface area contributed by atoms with Crippen molar-refractivity contribution < 1.29 is 58.6 Å². The van der Waals surface area contributed by atoms with Crippen LogP contribution in [0.3, 0.4) is 0 Å². The van der Waals surface area contributed by atoms with Gasteiger partial charge in [0.25, 0.3) is 0 Å². The number of hydrogen-bond acceptors (Lipinski definition) is 12. The average Bonchev–Trinajstić information content (AvgIpc) is 0.696. The minimum Gasteiger partial charge on any atom is -0.507 e. The minimum absolute atomic E-state index is 0.0663. The molecule has 12 nitrogen and oxygen atoms in total. The van der Waals surface area contributed by atoms with Gasteiger partial charge in [0.1, 0.15) is 46.0 Å². The van der Waals surface area contributed by atoms with Crippen molar-refractivity contribution in [2.24, 2.45) is 0 Å². The SMILES string of the molecule is CCCCc1cc(-c2cccc(C(c3cccc(-c4cc(CCCC)c(O)c(CCCC)c4)c3OC(=O)CC)(c3cccc(-c4cc(CCCC)c(O)c(CCCC)c4)c3OC(=O)CC)c3cccc(-c4cc(CCCC)c(O)c(CCCC)c4)c3OC(=O)CC)c2OC(=O)CC)cc(CCCC)c1O. The summed E-state index contributed by atoms with van der Waals surface area (Å²) in [6.07, 6.45) is 17.4. The summed E-state index contributed by atoms with van der Waals surface area (Å²) < 4.78 is 28.6. The molecule has 8 aromatic carbocycles. The van der Waals surface area contributed by atoms with Crippen LogP contribution in [0.5, 0.6) is 46.0 Å². The van der Waals surface area contributed by atoms with Crippen molar-refractivity contribution >= 4 is 23.9 Å². The molecule has 0 saturated heterocycles. The number of hydrogen-bond donors (Lipinski definition) is 4. The van der Waals surface area contributed by atoms with E-state index in [2.05, 4.69) is 55.4 Å². The van der Waals surface area contributed by atoms with E-state index in [9.17, 15) is 20.4 Å². The van der Waals surface area contributed by atoms with Gasteiger partial charge in [-0.25, -0.2) is 0 Å². The highest BCUT2D eigenvalue weighted by Gasteiger charge is 2.50. The Balaban J connectivity index is 1.81. The van der Waals surface area contributed by atoms with Gasteiger partial charge in [0.05, 0.1) is 5.41 Å². The van der Waals surface area contributed by atoms with Crippen LogP contribution in [0, 0.1) is 0 Å². The number of rotatable bonds is 40. The van der Waals surface area contributed by atoms with Gasteiger partial charge < -0.3 is 39.4 Å². The molecule has 0 heterocycles. The summed E-state index contributed by atoms with van der Waals surface area (Å²) in [6.45, 7) is 23.8. The van der Waals surface area contributed by atoms with E-state index >= 15 is 19.2 Å². The van der Waals surface area contributed by atoms with E-state index in [1.165, 1.54) is 0 Å². The Bertz CT molecular complexity index is 3620. The summed E-state index contributed by atoms with van der Waals surface area (Å²) in [5.74, 6) is -1.14. The molecule has 0 bridgehead atoms. The molecule has 0 unspecified atom stereocenters. The zero-order valence-corrected chi connectivity index (χ0v) is 64.9. The normalized spacial score (nSPS) is 11.5. The molecular weight excluding hydrogens is 1310 g/mol.